The van der Waals surface area contributed by atoms with Crippen LogP contribution in [0.4, 0.5) is 0 Å². The van der Waals surface area contributed by atoms with Crippen molar-refractivity contribution in [2.75, 3.05) is 26.9 Å². The first-order valence-corrected chi connectivity index (χ1v) is 11.8. The zero-order valence-corrected chi connectivity index (χ0v) is 20.3. The van der Waals surface area contributed by atoms with E-state index in [9.17, 15) is 4.79 Å². The summed E-state index contributed by atoms with van der Waals surface area (Å²) in [6.45, 7) is 10.7. The first-order chi connectivity index (χ1) is 15.3. The molecule has 5 nitrogen and oxygen atoms in total. The Morgan fingerprint density at radius 1 is 1.06 bits per heavy atom. The normalized spacial score (nSPS) is 19.2. The monoisotopic (exact) mass is 441 g/mol. The summed E-state index contributed by atoms with van der Waals surface area (Å²) in [5.74, 6) is 1.50. The van der Waals surface area contributed by atoms with E-state index in [1.165, 1.54) is 29.2 Å². The SMILES string of the molecule is COCCOC(=O)CNCc1ccc2cc(OC3CCC(C(C)(C)C)CC3)cc(C)c2c1. The van der Waals surface area contributed by atoms with E-state index >= 15 is 0 Å². The van der Waals surface area contributed by atoms with Crippen molar-refractivity contribution >= 4 is 16.7 Å². The molecule has 0 bridgehead atoms. The number of carbonyl (C=O) groups excluding carboxylic acids is 1. The van der Waals surface area contributed by atoms with Crippen molar-refractivity contribution in [3.8, 4) is 5.75 Å². The molecule has 3 rings (SSSR count). The number of hydrogen-bond acceptors (Lipinski definition) is 5. The molecule has 1 aliphatic rings. The number of rotatable bonds is 9. The molecular weight excluding hydrogens is 402 g/mol. The van der Waals surface area contributed by atoms with Crippen molar-refractivity contribution in [2.24, 2.45) is 11.3 Å². The molecule has 0 aliphatic heterocycles. The maximum atomic E-state index is 11.7. The van der Waals surface area contributed by atoms with Gasteiger partial charge >= 0.3 is 5.97 Å². The van der Waals surface area contributed by atoms with Crippen LogP contribution in [0.25, 0.3) is 10.8 Å². The summed E-state index contributed by atoms with van der Waals surface area (Å²) in [6.07, 6.45) is 5.08. The second kappa shape index (κ2) is 11.2. The molecule has 1 aliphatic carbocycles. The maximum Gasteiger partial charge on any atom is 0.320 e. The Balaban J connectivity index is 1.55. The fourth-order valence-electron chi connectivity index (χ4n) is 4.57. The van der Waals surface area contributed by atoms with Gasteiger partial charge in [-0.25, -0.2) is 0 Å². The van der Waals surface area contributed by atoms with Crippen LogP contribution in [-0.4, -0.2) is 38.9 Å². The molecule has 0 saturated heterocycles. The number of carbonyl (C=O) groups is 1. The Hall–Kier alpha value is -2.11. The first kappa shape index (κ1) is 24.5. The van der Waals surface area contributed by atoms with Crippen LogP contribution in [0.1, 0.15) is 57.6 Å². The summed E-state index contributed by atoms with van der Waals surface area (Å²) >= 11 is 0. The fourth-order valence-corrected chi connectivity index (χ4v) is 4.57. The summed E-state index contributed by atoms with van der Waals surface area (Å²) < 4.78 is 16.3. The van der Waals surface area contributed by atoms with Crippen molar-refractivity contribution in [1.29, 1.82) is 0 Å². The van der Waals surface area contributed by atoms with E-state index < -0.39 is 0 Å². The summed E-state index contributed by atoms with van der Waals surface area (Å²) in [4.78, 5) is 11.7. The third kappa shape index (κ3) is 6.94. The van der Waals surface area contributed by atoms with Crippen molar-refractivity contribution in [3.05, 3.63) is 41.5 Å². The molecule has 2 aromatic carbocycles. The number of nitrogens with one attached hydrogen (secondary N) is 1. The van der Waals surface area contributed by atoms with Crippen molar-refractivity contribution in [3.63, 3.8) is 0 Å². The van der Waals surface area contributed by atoms with Gasteiger partial charge in [-0.1, -0.05) is 32.9 Å². The minimum absolute atomic E-state index is 0.185. The van der Waals surface area contributed by atoms with Gasteiger partial charge in [0.1, 0.15) is 12.4 Å². The minimum atomic E-state index is -0.266. The number of hydrogen-bond donors (Lipinski definition) is 1. The Bertz CT molecular complexity index is 894. The number of aryl methyl sites for hydroxylation is 1. The van der Waals surface area contributed by atoms with Gasteiger partial charge in [0.05, 0.1) is 19.3 Å². The highest BCUT2D eigenvalue weighted by molar-refractivity contribution is 5.87. The standard InChI is InChI=1S/C27H39NO4/c1-19-14-24(32-23-10-8-22(9-11-23)27(2,3)4)16-21-7-6-20(15-25(19)21)17-28-18-26(29)31-13-12-30-5/h6-7,14-16,22-23,28H,8-13,17-18H2,1-5H3. The quantitative estimate of drug-likeness (QED) is 0.416. The molecule has 0 heterocycles. The topological polar surface area (TPSA) is 56.8 Å². The Labute approximate surface area is 192 Å². The molecule has 0 atom stereocenters. The molecule has 0 amide bonds. The lowest BCUT2D eigenvalue weighted by Crippen LogP contribution is -2.30. The van der Waals surface area contributed by atoms with Gasteiger partial charge in [0.15, 0.2) is 0 Å². The van der Waals surface area contributed by atoms with E-state index in [0.29, 0.717) is 24.7 Å². The van der Waals surface area contributed by atoms with Gasteiger partial charge in [0, 0.05) is 13.7 Å². The third-order valence-electron chi connectivity index (χ3n) is 6.55. The number of methoxy groups -OCH3 is 1. The first-order valence-electron chi connectivity index (χ1n) is 11.8. The van der Waals surface area contributed by atoms with Crippen LogP contribution in [0, 0.1) is 18.3 Å². The maximum absolute atomic E-state index is 11.7. The molecule has 176 valence electrons. The number of esters is 1. The van der Waals surface area contributed by atoms with Crippen LogP contribution in [0.2, 0.25) is 0 Å². The molecule has 1 fully saturated rings. The van der Waals surface area contributed by atoms with Gasteiger partial charge in [-0.15, -0.1) is 0 Å². The van der Waals surface area contributed by atoms with Crippen LogP contribution in [-0.2, 0) is 20.8 Å². The molecule has 0 radical (unpaired) electrons. The molecule has 2 aromatic rings. The van der Waals surface area contributed by atoms with Crippen molar-refractivity contribution in [1.82, 2.24) is 5.32 Å². The molecular formula is C27H39NO4. The van der Waals surface area contributed by atoms with E-state index in [1.54, 1.807) is 7.11 Å². The van der Waals surface area contributed by atoms with Gasteiger partial charge in [0.2, 0.25) is 0 Å². The summed E-state index contributed by atoms with van der Waals surface area (Å²) in [5.41, 5.74) is 2.74. The van der Waals surface area contributed by atoms with Crippen LogP contribution >= 0.6 is 0 Å². The largest absolute Gasteiger partial charge is 0.490 e. The van der Waals surface area contributed by atoms with Crippen molar-refractivity contribution in [2.45, 2.75) is 66.0 Å². The van der Waals surface area contributed by atoms with Gasteiger partial charge in [0.25, 0.3) is 0 Å². The average Bonchev–Trinajstić information content (AvgIpc) is 2.74. The Morgan fingerprint density at radius 2 is 1.81 bits per heavy atom. The van der Waals surface area contributed by atoms with Crippen LogP contribution < -0.4 is 10.1 Å². The predicted octanol–water partition coefficient (Wildman–Crippen LogP) is 5.41. The highest BCUT2D eigenvalue weighted by atomic mass is 16.6. The van der Waals surface area contributed by atoms with E-state index in [0.717, 1.165) is 30.1 Å². The Kier molecular flexibility index (Phi) is 8.55. The number of fused-ring (bicyclic) bond motifs is 1. The predicted molar refractivity (Wildman–Crippen MR) is 129 cm³/mol. The molecule has 0 aromatic heterocycles. The summed E-state index contributed by atoms with van der Waals surface area (Å²) in [5, 5.41) is 5.56. The highest BCUT2D eigenvalue weighted by Gasteiger charge is 2.30. The Morgan fingerprint density at radius 3 is 2.50 bits per heavy atom. The van der Waals surface area contributed by atoms with Crippen LogP contribution in [0.5, 0.6) is 5.75 Å². The van der Waals surface area contributed by atoms with E-state index in [2.05, 4.69) is 63.3 Å². The summed E-state index contributed by atoms with van der Waals surface area (Å²) in [6, 6.07) is 10.7. The van der Waals surface area contributed by atoms with E-state index in [1.807, 2.05) is 0 Å². The smallest absolute Gasteiger partial charge is 0.320 e. The van der Waals surface area contributed by atoms with Crippen LogP contribution in [0.3, 0.4) is 0 Å². The molecule has 1 N–H and O–H groups in total. The fraction of sp³-hybridized carbons (Fsp3) is 0.593. The molecule has 0 spiro atoms. The lowest BCUT2D eigenvalue weighted by Gasteiger charge is -2.37. The molecule has 1 saturated carbocycles. The zero-order chi connectivity index (χ0) is 23.1. The van der Waals surface area contributed by atoms with Crippen molar-refractivity contribution < 1.29 is 19.0 Å². The lowest BCUT2D eigenvalue weighted by atomic mass is 9.72. The highest BCUT2D eigenvalue weighted by Crippen LogP contribution is 2.39. The molecule has 5 heteroatoms. The zero-order valence-electron chi connectivity index (χ0n) is 20.3. The second-order valence-corrected chi connectivity index (χ2v) is 10.1. The molecule has 32 heavy (non-hydrogen) atoms. The average molecular weight is 442 g/mol. The van der Waals surface area contributed by atoms with Gasteiger partial charge < -0.3 is 19.5 Å². The van der Waals surface area contributed by atoms with Gasteiger partial charge in [-0.2, -0.15) is 0 Å². The number of benzene rings is 2. The second-order valence-electron chi connectivity index (χ2n) is 10.1. The van der Waals surface area contributed by atoms with Gasteiger partial charge in [-0.05, 0) is 84.0 Å². The lowest BCUT2D eigenvalue weighted by molar-refractivity contribution is -0.143. The molecule has 0 unspecified atom stereocenters. The summed E-state index contributed by atoms with van der Waals surface area (Å²) in [7, 11) is 1.58. The van der Waals surface area contributed by atoms with Crippen LogP contribution in [0.15, 0.2) is 30.3 Å². The van der Waals surface area contributed by atoms with Gasteiger partial charge in [-0.3, -0.25) is 4.79 Å². The number of ether oxygens (including phenoxy) is 3. The van der Waals surface area contributed by atoms with E-state index in [4.69, 9.17) is 14.2 Å². The van der Waals surface area contributed by atoms with E-state index in [-0.39, 0.29) is 19.1 Å². The third-order valence-corrected chi connectivity index (χ3v) is 6.55. The minimum Gasteiger partial charge on any atom is -0.490 e.